The summed E-state index contributed by atoms with van der Waals surface area (Å²) in [5.41, 5.74) is 11.2. The molecule has 0 spiro atoms. The lowest BCUT2D eigenvalue weighted by atomic mass is 10.1. The van der Waals surface area contributed by atoms with E-state index < -0.39 is 0 Å². The molecule has 5 rings (SSSR count). The number of H-pyrrole nitrogens is 1. The van der Waals surface area contributed by atoms with Crippen molar-refractivity contribution in [3.63, 3.8) is 0 Å². The summed E-state index contributed by atoms with van der Waals surface area (Å²) in [7, 11) is 0. The Balaban J connectivity index is 1.54. The Labute approximate surface area is 211 Å². The minimum absolute atomic E-state index is 0.419. The first-order chi connectivity index (χ1) is 17.8. The van der Waals surface area contributed by atoms with Crippen LogP contribution in [-0.4, -0.2) is 11.5 Å². The van der Waals surface area contributed by atoms with E-state index in [-0.39, 0.29) is 0 Å². The Morgan fingerprint density at radius 3 is 1.64 bits per heavy atom. The molecule has 5 heteroatoms. The SMILES string of the molecule is NCCc1c[nH]c2c(OCc3ccccc3)cc(OCc3ccccc3)c(OCc3ccccc3)c12. The van der Waals surface area contributed by atoms with Gasteiger partial charge < -0.3 is 24.9 Å². The molecule has 0 amide bonds. The van der Waals surface area contributed by atoms with Gasteiger partial charge in [-0.05, 0) is 35.2 Å². The number of hydrogen-bond donors (Lipinski definition) is 2. The van der Waals surface area contributed by atoms with Crippen molar-refractivity contribution in [3.8, 4) is 17.2 Å². The molecule has 182 valence electrons. The molecule has 0 bridgehead atoms. The van der Waals surface area contributed by atoms with Gasteiger partial charge in [-0.25, -0.2) is 0 Å². The largest absolute Gasteiger partial charge is 0.487 e. The second-order valence-electron chi connectivity index (χ2n) is 8.63. The van der Waals surface area contributed by atoms with E-state index in [2.05, 4.69) is 29.2 Å². The van der Waals surface area contributed by atoms with E-state index in [9.17, 15) is 0 Å². The van der Waals surface area contributed by atoms with Gasteiger partial charge in [0, 0.05) is 12.3 Å². The number of benzene rings is 4. The molecule has 0 saturated heterocycles. The van der Waals surface area contributed by atoms with Crippen LogP contribution in [0.4, 0.5) is 0 Å². The average molecular weight is 479 g/mol. The third kappa shape index (κ3) is 5.53. The fourth-order valence-corrected chi connectivity index (χ4v) is 4.22. The first-order valence-corrected chi connectivity index (χ1v) is 12.2. The van der Waals surface area contributed by atoms with Gasteiger partial charge in [-0.15, -0.1) is 0 Å². The highest BCUT2D eigenvalue weighted by molar-refractivity contribution is 5.96. The van der Waals surface area contributed by atoms with Gasteiger partial charge in [0.05, 0.1) is 10.9 Å². The number of rotatable bonds is 11. The predicted octanol–water partition coefficient (Wildman–Crippen LogP) is 6.41. The van der Waals surface area contributed by atoms with Crippen LogP contribution >= 0.6 is 0 Å². The number of hydrogen-bond acceptors (Lipinski definition) is 4. The Kier molecular flexibility index (Phi) is 7.49. The standard InChI is InChI=1S/C31H30N2O3/c32-17-16-26-19-33-30-27(34-20-23-10-4-1-5-11-23)18-28(35-21-24-12-6-2-7-13-24)31(29(26)30)36-22-25-14-8-3-9-15-25/h1-15,18-19,33H,16-17,20-22,32H2. The number of nitrogens with two attached hydrogens (primary N) is 1. The molecule has 0 aliphatic rings. The minimum Gasteiger partial charge on any atom is -0.487 e. The smallest absolute Gasteiger partial charge is 0.171 e. The summed E-state index contributed by atoms with van der Waals surface area (Å²) in [6.07, 6.45) is 2.70. The normalized spacial score (nSPS) is 10.9. The molecule has 0 saturated carbocycles. The van der Waals surface area contributed by atoms with Crippen molar-refractivity contribution in [2.45, 2.75) is 26.2 Å². The van der Waals surface area contributed by atoms with Gasteiger partial charge in [0.15, 0.2) is 11.5 Å². The molecule has 3 N–H and O–H groups in total. The Morgan fingerprint density at radius 2 is 1.11 bits per heavy atom. The molecule has 0 aliphatic heterocycles. The van der Waals surface area contributed by atoms with E-state index in [1.807, 2.05) is 79.0 Å². The lowest BCUT2D eigenvalue weighted by Gasteiger charge is -2.18. The van der Waals surface area contributed by atoms with E-state index in [0.717, 1.165) is 33.2 Å². The van der Waals surface area contributed by atoms with Gasteiger partial charge in [-0.3, -0.25) is 0 Å². The molecule has 5 aromatic rings. The number of aromatic nitrogens is 1. The van der Waals surface area contributed by atoms with Gasteiger partial charge in [0.25, 0.3) is 0 Å². The number of nitrogens with one attached hydrogen (secondary N) is 1. The summed E-state index contributed by atoms with van der Waals surface area (Å²) >= 11 is 0. The zero-order valence-corrected chi connectivity index (χ0v) is 20.2. The molecule has 5 nitrogen and oxygen atoms in total. The lowest BCUT2D eigenvalue weighted by molar-refractivity contribution is 0.255. The fraction of sp³-hybridized carbons (Fsp3) is 0.161. The molecule has 1 heterocycles. The second-order valence-corrected chi connectivity index (χ2v) is 8.63. The number of fused-ring (bicyclic) bond motifs is 1. The van der Waals surface area contributed by atoms with Gasteiger partial charge in [0.2, 0.25) is 0 Å². The molecule has 0 atom stereocenters. The highest BCUT2D eigenvalue weighted by Crippen LogP contribution is 2.44. The summed E-state index contributed by atoms with van der Waals surface area (Å²) in [5.74, 6) is 2.05. The molecule has 4 aromatic carbocycles. The third-order valence-corrected chi connectivity index (χ3v) is 6.04. The average Bonchev–Trinajstić information content (AvgIpc) is 3.35. The number of aromatic amines is 1. The van der Waals surface area contributed by atoms with E-state index >= 15 is 0 Å². The molecule has 0 aliphatic carbocycles. The van der Waals surface area contributed by atoms with Gasteiger partial charge in [0.1, 0.15) is 25.6 Å². The topological polar surface area (TPSA) is 69.5 Å². The molecule has 0 fully saturated rings. The minimum atomic E-state index is 0.419. The first kappa shape index (κ1) is 23.5. The maximum atomic E-state index is 6.45. The zero-order valence-electron chi connectivity index (χ0n) is 20.2. The van der Waals surface area contributed by atoms with Crippen molar-refractivity contribution >= 4 is 10.9 Å². The molecular weight excluding hydrogens is 448 g/mol. The van der Waals surface area contributed by atoms with E-state index in [4.69, 9.17) is 19.9 Å². The first-order valence-electron chi connectivity index (χ1n) is 12.2. The van der Waals surface area contributed by atoms with Crippen LogP contribution in [0.25, 0.3) is 10.9 Å². The van der Waals surface area contributed by atoms with Gasteiger partial charge in [-0.2, -0.15) is 0 Å². The van der Waals surface area contributed by atoms with Gasteiger partial charge in [-0.1, -0.05) is 91.0 Å². The Hall–Kier alpha value is -4.22. The second kappa shape index (κ2) is 11.5. The Morgan fingerprint density at radius 1 is 0.611 bits per heavy atom. The van der Waals surface area contributed by atoms with Crippen LogP contribution in [0.5, 0.6) is 17.2 Å². The zero-order chi connectivity index (χ0) is 24.6. The maximum absolute atomic E-state index is 6.45. The maximum Gasteiger partial charge on any atom is 0.171 e. The van der Waals surface area contributed by atoms with Crippen molar-refractivity contribution < 1.29 is 14.2 Å². The molecule has 1 aromatic heterocycles. The summed E-state index contributed by atoms with van der Waals surface area (Å²) in [6, 6.07) is 32.3. The van der Waals surface area contributed by atoms with Crippen molar-refractivity contribution in [2.24, 2.45) is 5.73 Å². The summed E-state index contributed by atoms with van der Waals surface area (Å²) in [5, 5.41) is 0.949. The highest BCUT2D eigenvalue weighted by atomic mass is 16.5. The summed E-state index contributed by atoms with van der Waals surface area (Å²) in [6.45, 7) is 1.82. The Bertz CT molecular complexity index is 1380. The van der Waals surface area contributed by atoms with Crippen LogP contribution in [0.1, 0.15) is 22.3 Å². The third-order valence-electron chi connectivity index (χ3n) is 6.04. The summed E-state index contributed by atoms with van der Waals surface area (Å²) < 4.78 is 19.1. The molecule has 0 unspecified atom stereocenters. The van der Waals surface area contributed by atoms with Crippen molar-refractivity contribution in [1.82, 2.24) is 4.98 Å². The molecular formula is C31H30N2O3. The highest BCUT2D eigenvalue weighted by Gasteiger charge is 2.21. The van der Waals surface area contributed by atoms with Crippen LogP contribution in [0.15, 0.2) is 103 Å². The van der Waals surface area contributed by atoms with E-state index in [0.29, 0.717) is 50.0 Å². The van der Waals surface area contributed by atoms with Gasteiger partial charge >= 0.3 is 0 Å². The van der Waals surface area contributed by atoms with Crippen LogP contribution in [0, 0.1) is 0 Å². The van der Waals surface area contributed by atoms with Crippen LogP contribution in [-0.2, 0) is 26.2 Å². The van der Waals surface area contributed by atoms with E-state index in [1.54, 1.807) is 0 Å². The quantitative estimate of drug-likeness (QED) is 0.230. The molecule has 36 heavy (non-hydrogen) atoms. The molecule has 0 radical (unpaired) electrons. The fourth-order valence-electron chi connectivity index (χ4n) is 4.22. The van der Waals surface area contributed by atoms with Crippen LogP contribution in [0.2, 0.25) is 0 Å². The van der Waals surface area contributed by atoms with Crippen molar-refractivity contribution in [2.75, 3.05) is 6.54 Å². The van der Waals surface area contributed by atoms with Crippen LogP contribution < -0.4 is 19.9 Å². The summed E-state index contributed by atoms with van der Waals surface area (Å²) in [4.78, 5) is 3.40. The number of ether oxygens (including phenoxy) is 3. The van der Waals surface area contributed by atoms with Crippen molar-refractivity contribution in [1.29, 1.82) is 0 Å². The van der Waals surface area contributed by atoms with Crippen molar-refractivity contribution in [3.05, 3.63) is 126 Å². The monoisotopic (exact) mass is 478 g/mol. The lowest BCUT2D eigenvalue weighted by Crippen LogP contribution is -2.05. The van der Waals surface area contributed by atoms with Crippen LogP contribution in [0.3, 0.4) is 0 Å². The predicted molar refractivity (Wildman–Crippen MR) is 143 cm³/mol. The van der Waals surface area contributed by atoms with E-state index in [1.165, 1.54) is 0 Å².